The van der Waals surface area contributed by atoms with Gasteiger partial charge in [-0.15, -0.1) is 0 Å². The number of hydrogen-bond donors (Lipinski definition) is 2. The molecule has 1 heterocycles. The maximum atomic E-state index is 13.0. The van der Waals surface area contributed by atoms with E-state index in [0.29, 0.717) is 30.0 Å². The van der Waals surface area contributed by atoms with Gasteiger partial charge < -0.3 is 14.8 Å². The summed E-state index contributed by atoms with van der Waals surface area (Å²) in [6.07, 6.45) is 0.710. The van der Waals surface area contributed by atoms with Crippen LogP contribution in [0.2, 0.25) is 0 Å². The summed E-state index contributed by atoms with van der Waals surface area (Å²) in [5.74, 6) is 0.122. The fourth-order valence-electron chi connectivity index (χ4n) is 3.46. The number of benzene rings is 2. The Kier molecular flexibility index (Phi) is 7.08. The van der Waals surface area contributed by atoms with Crippen LogP contribution in [0.4, 0.5) is 5.69 Å². The Morgan fingerprint density at radius 1 is 0.938 bits per heavy atom. The number of nitrogens with one attached hydrogen (secondary N) is 1. The molecule has 1 fully saturated rings. The molecule has 2 aromatic rings. The quantitative estimate of drug-likeness (QED) is 0.605. The molecule has 174 valence electrons. The Morgan fingerprint density at radius 2 is 1.50 bits per heavy atom. The third-order valence-electron chi connectivity index (χ3n) is 5.27. The van der Waals surface area contributed by atoms with Crippen molar-refractivity contribution in [2.45, 2.75) is 22.6 Å². The Labute approximate surface area is 187 Å². The third kappa shape index (κ3) is 5.21. The Balaban J connectivity index is 1.63. The van der Waals surface area contributed by atoms with E-state index in [4.69, 9.17) is 14.6 Å². The Bertz CT molecular complexity index is 1190. The summed E-state index contributed by atoms with van der Waals surface area (Å²) in [6, 6.07) is 9.93. The molecule has 0 radical (unpaired) electrons. The highest BCUT2D eigenvalue weighted by Gasteiger charge is 2.32. The molecule has 3 rings (SSSR count). The van der Waals surface area contributed by atoms with Gasteiger partial charge in [0.15, 0.2) is 11.5 Å². The smallest absolute Gasteiger partial charge is 0.243 e. The molecule has 0 aliphatic carbocycles. The summed E-state index contributed by atoms with van der Waals surface area (Å²) >= 11 is 0. The van der Waals surface area contributed by atoms with E-state index in [1.165, 1.54) is 61.0 Å². The van der Waals surface area contributed by atoms with E-state index in [1.807, 2.05) is 0 Å². The minimum Gasteiger partial charge on any atom is -0.493 e. The van der Waals surface area contributed by atoms with Crippen molar-refractivity contribution in [2.75, 3.05) is 32.6 Å². The van der Waals surface area contributed by atoms with Crippen LogP contribution in [0.25, 0.3) is 0 Å². The van der Waals surface area contributed by atoms with Crippen molar-refractivity contribution in [3.05, 3.63) is 42.5 Å². The van der Waals surface area contributed by atoms with Crippen molar-refractivity contribution < 1.29 is 31.1 Å². The fraction of sp³-hybridized carbons (Fsp3) is 0.350. The lowest BCUT2D eigenvalue weighted by molar-refractivity contribution is -0.120. The Hall–Kier alpha value is -2.67. The second-order valence-electron chi connectivity index (χ2n) is 7.25. The second-order valence-corrected chi connectivity index (χ2v) is 10.8. The van der Waals surface area contributed by atoms with Gasteiger partial charge in [-0.25, -0.2) is 22.0 Å². The number of nitrogens with zero attached hydrogens (tertiary/aromatic N) is 1. The molecule has 0 spiro atoms. The SMILES string of the molecule is COc1ccc(S(=O)(=O)N2CCC(C(=O)Nc3ccc(S(N)(=O)=O)cc3)CC2)cc1OC. The van der Waals surface area contributed by atoms with Crippen LogP contribution >= 0.6 is 0 Å². The fourth-order valence-corrected chi connectivity index (χ4v) is 5.46. The molecule has 0 atom stereocenters. The molecule has 0 unspecified atom stereocenters. The normalized spacial score (nSPS) is 15.8. The first-order chi connectivity index (χ1) is 15.1. The van der Waals surface area contributed by atoms with Gasteiger partial charge in [-0.05, 0) is 49.2 Å². The lowest BCUT2D eigenvalue weighted by Crippen LogP contribution is -2.41. The molecule has 0 saturated carbocycles. The predicted molar refractivity (Wildman–Crippen MR) is 117 cm³/mol. The first-order valence-electron chi connectivity index (χ1n) is 9.72. The number of carbonyl (C=O) groups is 1. The zero-order chi connectivity index (χ0) is 23.5. The van der Waals surface area contributed by atoms with Crippen LogP contribution < -0.4 is 19.9 Å². The monoisotopic (exact) mass is 483 g/mol. The van der Waals surface area contributed by atoms with Crippen LogP contribution in [0.3, 0.4) is 0 Å². The van der Waals surface area contributed by atoms with Gasteiger partial charge in [-0.3, -0.25) is 4.79 Å². The van der Waals surface area contributed by atoms with Crippen molar-refractivity contribution in [3.63, 3.8) is 0 Å². The van der Waals surface area contributed by atoms with Gasteiger partial charge in [0.2, 0.25) is 26.0 Å². The summed E-state index contributed by atoms with van der Waals surface area (Å²) in [7, 11) is -4.66. The third-order valence-corrected chi connectivity index (χ3v) is 8.09. The highest BCUT2D eigenvalue weighted by molar-refractivity contribution is 7.89. The number of methoxy groups -OCH3 is 2. The van der Waals surface area contributed by atoms with Gasteiger partial charge in [0.25, 0.3) is 0 Å². The van der Waals surface area contributed by atoms with Crippen LogP contribution in [0.1, 0.15) is 12.8 Å². The summed E-state index contributed by atoms with van der Waals surface area (Å²) in [5.41, 5.74) is 0.433. The number of sulfonamides is 2. The van der Waals surface area contributed by atoms with Crippen LogP contribution in [0.15, 0.2) is 52.3 Å². The standard InChI is InChI=1S/C20H25N3O7S2/c1-29-18-8-7-17(13-19(18)30-2)32(27,28)23-11-9-14(10-12-23)20(24)22-15-3-5-16(6-4-15)31(21,25)26/h3-8,13-14H,9-12H2,1-2H3,(H,22,24)(H2,21,25,26). The van der Waals surface area contributed by atoms with E-state index >= 15 is 0 Å². The molecule has 10 nitrogen and oxygen atoms in total. The van der Waals surface area contributed by atoms with Gasteiger partial charge >= 0.3 is 0 Å². The maximum absolute atomic E-state index is 13.0. The molecule has 0 aromatic heterocycles. The predicted octanol–water partition coefficient (Wildman–Crippen LogP) is 1.39. The van der Waals surface area contributed by atoms with Crippen molar-refractivity contribution in [1.29, 1.82) is 0 Å². The second kappa shape index (κ2) is 9.45. The van der Waals surface area contributed by atoms with Gasteiger partial charge in [-0.2, -0.15) is 4.31 Å². The van der Waals surface area contributed by atoms with Gasteiger partial charge in [0.05, 0.1) is 24.0 Å². The van der Waals surface area contributed by atoms with E-state index in [2.05, 4.69) is 5.32 Å². The minimum absolute atomic E-state index is 0.0517. The highest BCUT2D eigenvalue weighted by Crippen LogP contribution is 2.32. The molecule has 1 aliphatic heterocycles. The van der Waals surface area contributed by atoms with E-state index in [-0.39, 0.29) is 34.7 Å². The van der Waals surface area contributed by atoms with Gasteiger partial charge in [0, 0.05) is 30.8 Å². The minimum atomic E-state index is -3.81. The lowest BCUT2D eigenvalue weighted by Gasteiger charge is -2.30. The molecule has 0 bridgehead atoms. The first-order valence-corrected chi connectivity index (χ1v) is 12.7. The maximum Gasteiger partial charge on any atom is 0.243 e. The molecule has 1 saturated heterocycles. The number of primary sulfonamides is 1. The lowest BCUT2D eigenvalue weighted by atomic mass is 9.97. The molecule has 12 heteroatoms. The van der Waals surface area contributed by atoms with Crippen LogP contribution in [-0.4, -0.2) is 54.4 Å². The van der Waals surface area contributed by atoms with Crippen LogP contribution in [0.5, 0.6) is 11.5 Å². The van der Waals surface area contributed by atoms with E-state index in [0.717, 1.165) is 0 Å². The summed E-state index contributed by atoms with van der Waals surface area (Å²) in [4.78, 5) is 12.6. The van der Waals surface area contributed by atoms with E-state index in [9.17, 15) is 21.6 Å². The number of hydrogen-bond acceptors (Lipinski definition) is 7. The number of carbonyl (C=O) groups excluding carboxylic acids is 1. The summed E-state index contributed by atoms with van der Waals surface area (Å²) < 4.78 is 60.3. The van der Waals surface area contributed by atoms with E-state index in [1.54, 1.807) is 0 Å². The zero-order valence-electron chi connectivity index (χ0n) is 17.6. The number of nitrogens with two attached hydrogens (primary N) is 1. The van der Waals surface area contributed by atoms with Gasteiger partial charge in [0.1, 0.15) is 0 Å². The molecular weight excluding hydrogens is 458 g/mol. The van der Waals surface area contributed by atoms with Crippen LogP contribution in [0, 0.1) is 5.92 Å². The largest absolute Gasteiger partial charge is 0.493 e. The molecule has 2 aromatic carbocycles. The molecular formula is C20H25N3O7S2. The molecule has 32 heavy (non-hydrogen) atoms. The summed E-state index contributed by atoms with van der Waals surface area (Å²) in [6.45, 7) is 0.387. The van der Waals surface area contributed by atoms with Crippen molar-refractivity contribution in [2.24, 2.45) is 11.1 Å². The number of rotatable bonds is 7. The summed E-state index contributed by atoms with van der Waals surface area (Å²) in [5, 5.41) is 7.79. The molecule has 3 N–H and O–H groups in total. The zero-order valence-corrected chi connectivity index (χ0v) is 19.3. The average molecular weight is 484 g/mol. The average Bonchev–Trinajstić information content (AvgIpc) is 2.78. The molecule has 1 amide bonds. The van der Waals surface area contributed by atoms with Crippen molar-refractivity contribution >= 4 is 31.6 Å². The van der Waals surface area contributed by atoms with E-state index < -0.39 is 20.0 Å². The van der Waals surface area contributed by atoms with Crippen molar-refractivity contribution in [3.8, 4) is 11.5 Å². The molecule has 1 aliphatic rings. The van der Waals surface area contributed by atoms with Crippen LogP contribution in [-0.2, 0) is 24.8 Å². The first kappa shape index (κ1) is 24.0. The Morgan fingerprint density at radius 3 is 2.03 bits per heavy atom. The van der Waals surface area contributed by atoms with Gasteiger partial charge in [-0.1, -0.05) is 0 Å². The number of ether oxygens (including phenoxy) is 2. The number of anilines is 1. The number of amides is 1. The van der Waals surface area contributed by atoms with Crippen molar-refractivity contribution in [1.82, 2.24) is 4.31 Å². The topological polar surface area (TPSA) is 145 Å². The number of piperidine rings is 1. The highest BCUT2D eigenvalue weighted by atomic mass is 32.2.